The second-order valence-electron chi connectivity index (χ2n) is 3.00. The Kier molecular flexibility index (Phi) is 3.43. The van der Waals surface area contributed by atoms with Crippen LogP contribution in [0, 0.1) is 0 Å². The van der Waals surface area contributed by atoms with Crippen molar-refractivity contribution in [3.63, 3.8) is 0 Å². The van der Waals surface area contributed by atoms with Gasteiger partial charge in [-0.05, 0) is 24.6 Å². The second-order valence-corrected chi connectivity index (χ2v) is 3.98. The van der Waals surface area contributed by atoms with Gasteiger partial charge in [-0.1, -0.05) is 17.4 Å². The van der Waals surface area contributed by atoms with Crippen LogP contribution in [0.25, 0.3) is 10.2 Å². The lowest BCUT2D eigenvalue weighted by atomic mass is 10.1. The van der Waals surface area contributed by atoms with Crippen molar-refractivity contribution in [3.05, 3.63) is 27.4 Å². The fraction of sp³-hybridized carbons (Fsp3) is 0.222. The number of rotatable bonds is 2. The van der Waals surface area contributed by atoms with Gasteiger partial charge >= 0.3 is 4.87 Å². The molecule has 0 aliphatic heterocycles. The predicted molar refractivity (Wildman–Crippen MR) is 59.4 cm³/mol. The van der Waals surface area contributed by atoms with Gasteiger partial charge in [-0.15, -0.1) is 0 Å². The van der Waals surface area contributed by atoms with Gasteiger partial charge in [0.25, 0.3) is 0 Å². The maximum absolute atomic E-state index is 11.1. The molecule has 0 amide bonds. The summed E-state index contributed by atoms with van der Waals surface area (Å²) in [6, 6.07) is 3.38. The van der Waals surface area contributed by atoms with Crippen LogP contribution in [0.15, 0.2) is 16.9 Å². The molecule has 2 rings (SSSR count). The summed E-state index contributed by atoms with van der Waals surface area (Å²) in [4.78, 5) is 13.6. The van der Waals surface area contributed by atoms with E-state index in [1.807, 2.05) is 0 Å². The zero-order valence-corrected chi connectivity index (χ0v) is 8.63. The number of H-pyrrole nitrogens is 1. The number of thiazole rings is 1. The normalized spacial score (nSPS) is 10.2. The molecule has 0 radical (unpaired) electrons. The molecule has 1 heterocycles. The Labute approximate surface area is 88.7 Å². The van der Waals surface area contributed by atoms with E-state index in [0.717, 1.165) is 21.6 Å². The third-order valence-electron chi connectivity index (χ3n) is 2.05. The highest BCUT2D eigenvalue weighted by Gasteiger charge is 2.08. The molecule has 2 aromatic rings. The largest absolute Gasteiger partial charge is 0.506 e. The molecule has 0 aliphatic carbocycles. The van der Waals surface area contributed by atoms with E-state index in [0.29, 0.717) is 18.5 Å². The lowest BCUT2D eigenvalue weighted by Gasteiger charge is -2.01. The summed E-state index contributed by atoms with van der Waals surface area (Å²) in [7, 11) is 0. The molecule has 82 valence electrons. The van der Waals surface area contributed by atoms with Crippen molar-refractivity contribution in [2.24, 2.45) is 5.73 Å². The van der Waals surface area contributed by atoms with Crippen LogP contribution in [0.4, 0.5) is 4.70 Å². The number of phenolic OH excluding ortho intramolecular Hbond substituents is 1. The monoisotopic (exact) mass is 230 g/mol. The number of benzene rings is 1. The van der Waals surface area contributed by atoms with E-state index in [2.05, 4.69) is 4.98 Å². The standard InChI is InChI=1S/C9H10N2O2S.FH/c10-4-3-5-1-2-6(12)7-8(5)14-9(13)11-7;/h1-2,12H,3-4,10H2,(H,11,13);1H. The Morgan fingerprint density at radius 1 is 1.47 bits per heavy atom. The van der Waals surface area contributed by atoms with Gasteiger partial charge in [-0.2, -0.15) is 0 Å². The lowest BCUT2D eigenvalue weighted by molar-refractivity contribution is 0.480. The van der Waals surface area contributed by atoms with Gasteiger partial charge in [0.15, 0.2) is 0 Å². The predicted octanol–water partition coefficient (Wildman–Crippen LogP) is 0.949. The molecule has 1 aromatic heterocycles. The third-order valence-corrected chi connectivity index (χ3v) is 3.01. The second kappa shape index (κ2) is 4.41. The van der Waals surface area contributed by atoms with E-state index in [9.17, 15) is 9.90 Å². The number of fused-ring (bicyclic) bond motifs is 1. The summed E-state index contributed by atoms with van der Waals surface area (Å²) in [6.45, 7) is 0.534. The van der Waals surface area contributed by atoms with Crippen molar-refractivity contribution in [3.8, 4) is 5.75 Å². The van der Waals surface area contributed by atoms with Crippen LogP contribution in [0.5, 0.6) is 5.75 Å². The molecule has 0 unspecified atom stereocenters. The molecule has 0 aliphatic rings. The minimum Gasteiger partial charge on any atom is -0.506 e. The molecule has 0 atom stereocenters. The maximum Gasteiger partial charge on any atom is 0.305 e. The van der Waals surface area contributed by atoms with E-state index < -0.39 is 0 Å². The van der Waals surface area contributed by atoms with Crippen molar-refractivity contribution in [1.29, 1.82) is 0 Å². The van der Waals surface area contributed by atoms with E-state index >= 15 is 0 Å². The summed E-state index contributed by atoms with van der Waals surface area (Å²) in [5, 5.41) is 9.48. The molecule has 15 heavy (non-hydrogen) atoms. The number of aromatic nitrogens is 1. The number of aromatic amines is 1. The number of halogens is 1. The Morgan fingerprint density at radius 2 is 2.20 bits per heavy atom. The molecule has 0 saturated heterocycles. The van der Waals surface area contributed by atoms with Crippen LogP contribution >= 0.6 is 11.3 Å². The summed E-state index contributed by atoms with van der Waals surface area (Å²) in [6.07, 6.45) is 0.713. The van der Waals surface area contributed by atoms with Crippen LogP contribution in [-0.4, -0.2) is 16.6 Å². The Bertz CT molecular complexity index is 520. The number of hydrogen-bond donors (Lipinski definition) is 3. The summed E-state index contributed by atoms with van der Waals surface area (Å²) in [5.41, 5.74) is 6.97. The first kappa shape index (κ1) is 11.7. The fourth-order valence-electron chi connectivity index (χ4n) is 1.43. The first-order valence-electron chi connectivity index (χ1n) is 4.26. The fourth-order valence-corrected chi connectivity index (χ4v) is 2.32. The molecule has 0 bridgehead atoms. The van der Waals surface area contributed by atoms with Gasteiger partial charge in [-0.25, -0.2) is 0 Å². The Balaban J connectivity index is 0.00000112. The van der Waals surface area contributed by atoms with Crippen molar-refractivity contribution in [1.82, 2.24) is 4.98 Å². The molecular formula is C9H11FN2O2S. The van der Waals surface area contributed by atoms with Crippen molar-refractivity contribution in [2.45, 2.75) is 6.42 Å². The van der Waals surface area contributed by atoms with Gasteiger partial charge in [-0.3, -0.25) is 9.50 Å². The summed E-state index contributed by atoms with van der Waals surface area (Å²) in [5.74, 6) is 0.110. The highest BCUT2D eigenvalue weighted by atomic mass is 32.1. The summed E-state index contributed by atoms with van der Waals surface area (Å²) < 4.78 is 0.806. The third kappa shape index (κ3) is 2.00. The molecule has 1 aromatic carbocycles. The molecule has 0 saturated carbocycles. The van der Waals surface area contributed by atoms with Crippen molar-refractivity contribution >= 4 is 21.6 Å². The van der Waals surface area contributed by atoms with Crippen molar-refractivity contribution < 1.29 is 9.81 Å². The van der Waals surface area contributed by atoms with Gasteiger partial charge in [0.05, 0.1) is 4.70 Å². The highest BCUT2D eigenvalue weighted by molar-refractivity contribution is 7.16. The number of nitrogens with one attached hydrogen (secondary N) is 1. The number of aromatic hydroxyl groups is 1. The molecule has 4 nitrogen and oxygen atoms in total. The van der Waals surface area contributed by atoms with Crippen LogP contribution in [0.1, 0.15) is 5.56 Å². The molecule has 0 fully saturated rings. The van der Waals surface area contributed by atoms with Crippen molar-refractivity contribution in [2.75, 3.05) is 6.54 Å². The lowest BCUT2D eigenvalue weighted by Crippen LogP contribution is -2.02. The minimum absolute atomic E-state index is 0. The zero-order chi connectivity index (χ0) is 10.1. The smallest absolute Gasteiger partial charge is 0.305 e. The first-order chi connectivity index (χ1) is 6.72. The van der Waals surface area contributed by atoms with Gasteiger partial charge in [0.1, 0.15) is 11.3 Å². The first-order valence-corrected chi connectivity index (χ1v) is 5.07. The van der Waals surface area contributed by atoms with Crippen LogP contribution in [0.3, 0.4) is 0 Å². The molecule has 4 N–H and O–H groups in total. The van der Waals surface area contributed by atoms with Crippen LogP contribution in [0.2, 0.25) is 0 Å². The van der Waals surface area contributed by atoms with Gasteiger partial charge < -0.3 is 15.8 Å². The summed E-state index contributed by atoms with van der Waals surface area (Å²) >= 11 is 1.11. The number of hydrogen-bond acceptors (Lipinski definition) is 4. The van der Waals surface area contributed by atoms with Gasteiger partial charge in [0.2, 0.25) is 0 Å². The van der Waals surface area contributed by atoms with Crippen LogP contribution < -0.4 is 10.6 Å². The molecular weight excluding hydrogens is 219 g/mol. The average Bonchev–Trinajstić information content (AvgIpc) is 2.53. The average molecular weight is 230 g/mol. The Hall–Kier alpha value is -1.40. The molecule has 6 heteroatoms. The van der Waals surface area contributed by atoms with E-state index in [-0.39, 0.29) is 15.3 Å². The van der Waals surface area contributed by atoms with Crippen LogP contribution in [-0.2, 0) is 6.42 Å². The van der Waals surface area contributed by atoms with E-state index in [1.54, 1.807) is 12.1 Å². The SMILES string of the molecule is F.NCCc1ccc(O)c2[nH]c(=O)sc12. The topological polar surface area (TPSA) is 79.1 Å². The quantitative estimate of drug-likeness (QED) is 0.718. The molecule has 0 spiro atoms. The van der Waals surface area contributed by atoms with E-state index in [4.69, 9.17) is 5.73 Å². The minimum atomic E-state index is -0.153. The number of nitrogens with two attached hydrogens (primary N) is 1. The van der Waals surface area contributed by atoms with Gasteiger partial charge in [0, 0.05) is 0 Å². The maximum atomic E-state index is 11.1. The Morgan fingerprint density at radius 3 is 2.87 bits per heavy atom. The number of phenols is 1. The zero-order valence-electron chi connectivity index (χ0n) is 7.82. The van der Waals surface area contributed by atoms with E-state index in [1.165, 1.54) is 0 Å². The highest BCUT2D eigenvalue weighted by Crippen LogP contribution is 2.27.